The zero-order valence-electron chi connectivity index (χ0n) is 18.8. The Hall–Kier alpha value is -2.65. The molecule has 0 aliphatic heterocycles. The van der Waals surface area contributed by atoms with Gasteiger partial charge in [-0.05, 0) is 35.4 Å². The molecule has 1 aromatic heterocycles. The first-order valence-corrected chi connectivity index (χ1v) is 11.2. The Balaban J connectivity index is 1.56. The van der Waals surface area contributed by atoms with Crippen LogP contribution in [-0.2, 0) is 18.6 Å². The predicted octanol–water partition coefficient (Wildman–Crippen LogP) is 2.51. The summed E-state index contributed by atoms with van der Waals surface area (Å²) in [6, 6.07) is 15.5. The maximum atomic E-state index is 10.2. The summed E-state index contributed by atoms with van der Waals surface area (Å²) in [5.74, 6) is 1.46. The largest absolute Gasteiger partial charge is 0.491 e. The van der Waals surface area contributed by atoms with Gasteiger partial charge in [-0.3, -0.25) is 0 Å². The quantitative estimate of drug-likeness (QED) is 0.345. The van der Waals surface area contributed by atoms with Crippen LogP contribution in [0.3, 0.4) is 0 Å². The number of rotatable bonds is 12. The van der Waals surface area contributed by atoms with E-state index in [0.717, 1.165) is 11.1 Å². The molecule has 178 valence electrons. The minimum absolute atomic E-state index is 0.0906. The van der Waals surface area contributed by atoms with Crippen molar-refractivity contribution in [2.24, 2.45) is 0 Å². The van der Waals surface area contributed by atoms with Gasteiger partial charge < -0.3 is 24.8 Å². The van der Waals surface area contributed by atoms with E-state index in [0.29, 0.717) is 17.2 Å². The highest BCUT2D eigenvalue weighted by atomic mass is 35.5. The molecule has 0 radical (unpaired) electrons. The van der Waals surface area contributed by atoms with Gasteiger partial charge in [0.15, 0.2) is 0 Å². The van der Waals surface area contributed by atoms with E-state index in [1.807, 2.05) is 48.5 Å². The lowest BCUT2D eigenvalue weighted by molar-refractivity contribution is 0.0866. The van der Waals surface area contributed by atoms with Crippen LogP contribution in [0.15, 0.2) is 54.7 Å². The molecule has 0 bridgehead atoms. The second-order valence-electron chi connectivity index (χ2n) is 8.32. The van der Waals surface area contributed by atoms with Crippen molar-refractivity contribution in [3.05, 3.63) is 71.5 Å². The van der Waals surface area contributed by atoms with Gasteiger partial charge in [-0.25, -0.2) is 4.68 Å². The third-order valence-corrected chi connectivity index (χ3v) is 5.81. The second-order valence-corrected chi connectivity index (χ2v) is 8.63. The highest BCUT2D eigenvalue weighted by Gasteiger charge is 2.23. The van der Waals surface area contributed by atoms with Crippen molar-refractivity contribution in [3.63, 3.8) is 0 Å². The molecule has 2 unspecified atom stereocenters. The molecule has 8 nitrogen and oxygen atoms in total. The van der Waals surface area contributed by atoms with Crippen LogP contribution >= 0.6 is 11.6 Å². The Labute approximate surface area is 198 Å². The van der Waals surface area contributed by atoms with Gasteiger partial charge in [-0.15, -0.1) is 16.7 Å². The summed E-state index contributed by atoms with van der Waals surface area (Å²) in [7, 11) is 0. The van der Waals surface area contributed by atoms with Gasteiger partial charge in [0.1, 0.15) is 36.9 Å². The molecule has 2 atom stereocenters. The Morgan fingerprint density at radius 1 is 0.909 bits per heavy atom. The zero-order chi connectivity index (χ0) is 23.8. The molecule has 0 spiro atoms. The van der Waals surface area contributed by atoms with Gasteiger partial charge in [0.05, 0.1) is 30.9 Å². The van der Waals surface area contributed by atoms with Crippen molar-refractivity contribution in [1.82, 2.24) is 15.0 Å². The third-order valence-electron chi connectivity index (χ3n) is 5.46. The Morgan fingerprint density at radius 3 is 1.91 bits per heavy atom. The number of alkyl halides is 1. The van der Waals surface area contributed by atoms with Crippen molar-refractivity contribution in [2.45, 2.75) is 44.6 Å². The van der Waals surface area contributed by atoms with Gasteiger partial charge in [0, 0.05) is 5.41 Å². The minimum atomic E-state index is -0.792. The van der Waals surface area contributed by atoms with E-state index >= 15 is 0 Å². The maximum absolute atomic E-state index is 10.2. The number of nitrogens with zero attached hydrogens (tertiary/aromatic N) is 3. The first-order valence-electron chi connectivity index (χ1n) is 10.7. The van der Waals surface area contributed by atoms with Gasteiger partial charge in [0.25, 0.3) is 0 Å². The number of benzene rings is 2. The average molecular weight is 476 g/mol. The molecule has 0 amide bonds. The van der Waals surface area contributed by atoms with Crippen molar-refractivity contribution in [2.75, 3.05) is 19.1 Å². The van der Waals surface area contributed by atoms with Gasteiger partial charge in [0.2, 0.25) is 0 Å². The van der Waals surface area contributed by atoms with E-state index in [-0.39, 0.29) is 37.7 Å². The Kier molecular flexibility index (Phi) is 8.68. The molecule has 9 heteroatoms. The molecule has 0 aliphatic carbocycles. The van der Waals surface area contributed by atoms with E-state index in [4.69, 9.17) is 21.1 Å². The lowest BCUT2D eigenvalue weighted by atomic mass is 9.78. The number of ether oxygens (including phenoxy) is 2. The average Bonchev–Trinajstić information content (AvgIpc) is 3.28. The van der Waals surface area contributed by atoms with Crippen LogP contribution in [0.2, 0.25) is 0 Å². The Bertz CT molecular complexity index is 992. The summed E-state index contributed by atoms with van der Waals surface area (Å²) in [6.45, 7) is 4.51. The first-order chi connectivity index (χ1) is 15.8. The van der Waals surface area contributed by atoms with E-state index in [9.17, 15) is 15.3 Å². The molecule has 3 rings (SSSR count). The van der Waals surface area contributed by atoms with Gasteiger partial charge >= 0.3 is 0 Å². The molecule has 0 fully saturated rings. The summed E-state index contributed by atoms with van der Waals surface area (Å²) in [5, 5.41) is 36.5. The standard InChI is InChI=1S/C24H30ClN3O5/c1-24(2,17-3-7-22(8-4-17)32-15-20(30)11-25)18-5-9-23(10-6-18)33-16-21(31)13-28-19(14-29)12-26-27-28/h3-10,12,20-21,29-31H,11,13-16H2,1-2H3. The van der Waals surface area contributed by atoms with E-state index in [1.165, 1.54) is 10.9 Å². The summed E-state index contributed by atoms with van der Waals surface area (Å²) in [4.78, 5) is 0. The lowest BCUT2D eigenvalue weighted by Gasteiger charge is -2.26. The molecule has 3 aromatic rings. The normalized spacial score (nSPS) is 13.5. The zero-order valence-corrected chi connectivity index (χ0v) is 19.5. The monoisotopic (exact) mass is 475 g/mol. The molecule has 33 heavy (non-hydrogen) atoms. The van der Waals surface area contributed by atoms with Crippen LogP contribution < -0.4 is 9.47 Å². The SMILES string of the molecule is CC(C)(c1ccc(OCC(O)CCl)cc1)c1ccc(OCC(O)Cn2nncc2CO)cc1. The number of hydrogen-bond donors (Lipinski definition) is 3. The molecular weight excluding hydrogens is 446 g/mol. The first kappa shape index (κ1) is 25.0. The second kappa shape index (κ2) is 11.5. The summed E-state index contributed by atoms with van der Waals surface area (Å²) >= 11 is 5.59. The van der Waals surface area contributed by atoms with Crippen LogP contribution in [0.5, 0.6) is 11.5 Å². The fourth-order valence-electron chi connectivity index (χ4n) is 3.34. The molecule has 0 aliphatic rings. The van der Waals surface area contributed by atoms with E-state index in [2.05, 4.69) is 24.2 Å². The number of halogens is 1. The molecular formula is C24H30ClN3O5. The predicted molar refractivity (Wildman–Crippen MR) is 125 cm³/mol. The fourth-order valence-corrected chi connectivity index (χ4v) is 3.43. The highest BCUT2D eigenvalue weighted by Crippen LogP contribution is 2.33. The van der Waals surface area contributed by atoms with Crippen LogP contribution in [0, 0.1) is 0 Å². The van der Waals surface area contributed by atoms with Gasteiger partial charge in [-0.1, -0.05) is 43.3 Å². The topological polar surface area (TPSA) is 110 Å². The van der Waals surface area contributed by atoms with Crippen LogP contribution in [-0.4, -0.2) is 61.6 Å². The third kappa shape index (κ3) is 6.68. The Morgan fingerprint density at radius 2 is 1.42 bits per heavy atom. The van der Waals surface area contributed by atoms with Crippen LogP contribution in [0.1, 0.15) is 30.7 Å². The molecule has 0 saturated heterocycles. The number of aliphatic hydroxyl groups excluding tert-OH is 3. The summed E-state index contributed by atoms with van der Waals surface area (Å²) < 4.78 is 12.7. The molecule has 0 saturated carbocycles. The minimum Gasteiger partial charge on any atom is -0.491 e. The number of aromatic nitrogens is 3. The lowest BCUT2D eigenvalue weighted by Crippen LogP contribution is -2.25. The van der Waals surface area contributed by atoms with Crippen molar-refractivity contribution >= 4 is 11.6 Å². The van der Waals surface area contributed by atoms with Crippen LogP contribution in [0.4, 0.5) is 0 Å². The smallest absolute Gasteiger partial charge is 0.119 e. The summed E-state index contributed by atoms with van der Waals surface area (Å²) in [6.07, 6.45) is -0.0229. The number of aliphatic hydroxyl groups is 3. The van der Waals surface area contributed by atoms with Crippen molar-refractivity contribution in [3.8, 4) is 11.5 Å². The number of hydrogen-bond acceptors (Lipinski definition) is 7. The molecule has 2 aromatic carbocycles. The van der Waals surface area contributed by atoms with Gasteiger partial charge in [-0.2, -0.15) is 0 Å². The van der Waals surface area contributed by atoms with E-state index in [1.54, 1.807) is 0 Å². The summed E-state index contributed by atoms with van der Waals surface area (Å²) in [5.41, 5.74) is 2.51. The fraction of sp³-hybridized carbons (Fsp3) is 0.417. The molecule has 1 heterocycles. The van der Waals surface area contributed by atoms with Crippen molar-refractivity contribution < 1.29 is 24.8 Å². The molecule has 3 N–H and O–H groups in total. The highest BCUT2D eigenvalue weighted by molar-refractivity contribution is 6.18. The van der Waals surface area contributed by atoms with Crippen LogP contribution in [0.25, 0.3) is 0 Å². The van der Waals surface area contributed by atoms with Crippen molar-refractivity contribution in [1.29, 1.82) is 0 Å². The van der Waals surface area contributed by atoms with E-state index < -0.39 is 12.2 Å². The maximum Gasteiger partial charge on any atom is 0.119 e.